The number of methoxy groups -OCH3 is 1. The van der Waals surface area contributed by atoms with Gasteiger partial charge in [-0.2, -0.15) is 5.10 Å². The maximum atomic E-state index is 12.9. The number of carbonyl (C=O) groups is 1. The number of hydrogen-bond acceptors (Lipinski definition) is 5. The lowest BCUT2D eigenvalue weighted by molar-refractivity contribution is -0.117. The fraction of sp³-hybridized carbons (Fsp3) is 0.250. The largest absolute Gasteiger partial charge is 0.481 e. The van der Waals surface area contributed by atoms with Gasteiger partial charge in [0.25, 0.3) is 0 Å². The van der Waals surface area contributed by atoms with Crippen LogP contribution in [0.25, 0.3) is 22.3 Å². The number of halogens is 1. The van der Waals surface area contributed by atoms with E-state index in [9.17, 15) is 9.18 Å². The summed E-state index contributed by atoms with van der Waals surface area (Å²) < 4.78 is 18.2. The molecule has 0 saturated heterocycles. The summed E-state index contributed by atoms with van der Waals surface area (Å²) >= 11 is 0. The summed E-state index contributed by atoms with van der Waals surface area (Å²) in [5.74, 6) is -0.0816. The van der Waals surface area contributed by atoms with Crippen molar-refractivity contribution in [1.29, 1.82) is 0 Å². The first-order valence-corrected chi connectivity index (χ1v) is 7.47. The number of alkyl halides is 1. The topological polar surface area (TPSA) is 92.8 Å². The molecule has 3 aromatic rings. The van der Waals surface area contributed by atoms with Gasteiger partial charge in [0.15, 0.2) is 5.65 Å². The number of carbonyl (C=O) groups excluding carboxylic acids is 1. The van der Waals surface area contributed by atoms with Crippen LogP contribution in [-0.2, 0) is 4.79 Å². The van der Waals surface area contributed by atoms with E-state index in [4.69, 9.17) is 4.74 Å². The third kappa shape index (κ3) is 2.45. The maximum Gasteiger partial charge on any atom is 0.231 e. The zero-order chi connectivity index (χ0) is 16.7. The number of H-pyrrole nitrogens is 1. The molecule has 1 amide bonds. The van der Waals surface area contributed by atoms with E-state index in [1.807, 2.05) is 6.07 Å². The Labute approximate surface area is 136 Å². The van der Waals surface area contributed by atoms with Gasteiger partial charge in [0, 0.05) is 11.6 Å². The van der Waals surface area contributed by atoms with Crippen LogP contribution in [-0.4, -0.2) is 39.4 Å². The molecule has 1 saturated carbocycles. The molecule has 2 atom stereocenters. The van der Waals surface area contributed by atoms with Crippen LogP contribution in [0.5, 0.6) is 5.88 Å². The van der Waals surface area contributed by atoms with Gasteiger partial charge in [-0.1, -0.05) is 0 Å². The van der Waals surface area contributed by atoms with Gasteiger partial charge in [0.2, 0.25) is 11.8 Å². The average molecular weight is 327 g/mol. The monoisotopic (exact) mass is 327 g/mol. The summed E-state index contributed by atoms with van der Waals surface area (Å²) in [5, 5.41) is 10.5. The number of nitrogens with one attached hydrogen (secondary N) is 2. The van der Waals surface area contributed by atoms with Crippen LogP contribution in [0.2, 0.25) is 0 Å². The van der Waals surface area contributed by atoms with Gasteiger partial charge >= 0.3 is 0 Å². The van der Waals surface area contributed by atoms with Crippen LogP contribution in [0.4, 0.5) is 10.2 Å². The number of aromatic amines is 1. The molecule has 2 N–H and O–H groups in total. The first-order chi connectivity index (χ1) is 11.7. The summed E-state index contributed by atoms with van der Waals surface area (Å²) in [6, 6.07) is 7.12. The number of hydrogen-bond donors (Lipinski definition) is 2. The van der Waals surface area contributed by atoms with Crippen molar-refractivity contribution in [2.45, 2.75) is 12.6 Å². The lowest BCUT2D eigenvalue weighted by atomic mass is 10.1. The zero-order valence-corrected chi connectivity index (χ0v) is 12.8. The molecule has 0 radical (unpaired) electrons. The molecule has 3 aromatic heterocycles. The number of aromatic nitrogens is 4. The molecule has 0 aliphatic heterocycles. The summed E-state index contributed by atoms with van der Waals surface area (Å²) in [6.07, 6.45) is 0.883. The van der Waals surface area contributed by atoms with Crippen LogP contribution in [0.15, 0.2) is 30.5 Å². The number of ether oxygens (including phenoxy) is 1. The van der Waals surface area contributed by atoms with Gasteiger partial charge in [0.05, 0.1) is 24.3 Å². The molecule has 1 aliphatic rings. The van der Waals surface area contributed by atoms with Gasteiger partial charge in [-0.05, 0) is 30.7 Å². The van der Waals surface area contributed by atoms with E-state index in [2.05, 4.69) is 25.5 Å². The van der Waals surface area contributed by atoms with E-state index < -0.39 is 12.1 Å². The van der Waals surface area contributed by atoms with Crippen molar-refractivity contribution < 1.29 is 13.9 Å². The Morgan fingerprint density at radius 3 is 3.00 bits per heavy atom. The van der Waals surface area contributed by atoms with E-state index in [0.717, 1.165) is 16.6 Å². The fourth-order valence-electron chi connectivity index (χ4n) is 2.57. The van der Waals surface area contributed by atoms with Crippen molar-refractivity contribution in [3.63, 3.8) is 0 Å². The van der Waals surface area contributed by atoms with Crippen molar-refractivity contribution in [2.75, 3.05) is 12.4 Å². The average Bonchev–Trinajstić information content (AvgIpc) is 3.19. The Bertz CT molecular complexity index is 926. The molecular formula is C16H14FN5O2. The van der Waals surface area contributed by atoms with Gasteiger partial charge in [-0.25, -0.2) is 14.4 Å². The standard InChI is InChI=1S/C16H14FN5O2/c1-24-16-9(3-2-6-18-16)13-8-4-5-12(19-14(8)22-21-13)20-15(23)10-7-11(10)17/h2-6,10-11H,7H2,1H3,(H2,19,20,21,22,23)/t10-,11+/m1/s1. The van der Waals surface area contributed by atoms with Crippen LogP contribution in [0.1, 0.15) is 6.42 Å². The second-order valence-corrected chi connectivity index (χ2v) is 5.57. The van der Waals surface area contributed by atoms with Crippen molar-refractivity contribution in [2.24, 2.45) is 5.92 Å². The number of anilines is 1. The van der Waals surface area contributed by atoms with E-state index in [0.29, 0.717) is 17.3 Å². The van der Waals surface area contributed by atoms with Gasteiger partial charge in [-0.3, -0.25) is 9.89 Å². The van der Waals surface area contributed by atoms with E-state index in [1.54, 1.807) is 31.5 Å². The zero-order valence-electron chi connectivity index (χ0n) is 12.8. The molecule has 3 heterocycles. The molecule has 0 unspecified atom stereocenters. The molecule has 1 fully saturated rings. The molecule has 7 nitrogen and oxygen atoms in total. The third-order valence-electron chi connectivity index (χ3n) is 3.95. The van der Waals surface area contributed by atoms with E-state index >= 15 is 0 Å². The Morgan fingerprint density at radius 1 is 1.42 bits per heavy atom. The Morgan fingerprint density at radius 2 is 2.25 bits per heavy atom. The smallest absolute Gasteiger partial charge is 0.231 e. The third-order valence-corrected chi connectivity index (χ3v) is 3.95. The Balaban J connectivity index is 1.67. The summed E-state index contributed by atoms with van der Waals surface area (Å²) in [7, 11) is 1.55. The lowest BCUT2D eigenvalue weighted by Gasteiger charge is -2.05. The quantitative estimate of drug-likeness (QED) is 0.767. The molecule has 0 aromatic carbocycles. The fourth-order valence-corrected chi connectivity index (χ4v) is 2.57. The summed E-state index contributed by atoms with van der Waals surface area (Å²) in [6.45, 7) is 0. The van der Waals surface area contributed by atoms with E-state index in [1.165, 1.54) is 0 Å². The molecule has 0 bridgehead atoms. The normalized spacial score (nSPS) is 19.2. The Kier molecular flexibility index (Phi) is 3.37. The predicted molar refractivity (Wildman–Crippen MR) is 85.3 cm³/mol. The molecule has 122 valence electrons. The second-order valence-electron chi connectivity index (χ2n) is 5.57. The highest BCUT2D eigenvalue weighted by atomic mass is 19.1. The van der Waals surface area contributed by atoms with Gasteiger partial charge in [0.1, 0.15) is 12.0 Å². The van der Waals surface area contributed by atoms with Crippen LogP contribution < -0.4 is 10.1 Å². The SMILES string of the molecule is COc1ncccc1-c1[nH]nc2nc(NC(=O)[C@@H]3C[C@@H]3F)ccc12. The minimum atomic E-state index is -1.04. The number of fused-ring (bicyclic) bond motifs is 1. The van der Waals surface area contributed by atoms with Crippen LogP contribution in [0, 0.1) is 5.92 Å². The highest BCUT2D eigenvalue weighted by Crippen LogP contribution is 2.35. The number of rotatable bonds is 4. The molecule has 1 aliphatic carbocycles. The highest BCUT2D eigenvalue weighted by Gasteiger charge is 2.43. The number of amides is 1. The first kappa shape index (κ1) is 14.6. The minimum absolute atomic E-state index is 0.279. The lowest BCUT2D eigenvalue weighted by Crippen LogP contribution is -2.15. The summed E-state index contributed by atoms with van der Waals surface area (Å²) in [4.78, 5) is 20.2. The molecule has 24 heavy (non-hydrogen) atoms. The number of nitrogens with zero attached hydrogens (tertiary/aromatic N) is 3. The first-order valence-electron chi connectivity index (χ1n) is 7.47. The molecule has 0 spiro atoms. The van der Waals surface area contributed by atoms with Gasteiger partial charge < -0.3 is 10.1 Å². The second kappa shape index (κ2) is 5.55. The van der Waals surface area contributed by atoms with Crippen molar-refractivity contribution in [3.05, 3.63) is 30.5 Å². The highest BCUT2D eigenvalue weighted by molar-refractivity contribution is 5.97. The van der Waals surface area contributed by atoms with Crippen LogP contribution >= 0.6 is 0 Å². The molecule has 4 rings (SSSR count). The molecule has 8 heteroatoms. The van der Waals surface area contributed by atoms with Gasteiger partial charge in [-0.15, -0.1) is 0 Å². The number of pyridine rings is 2. The van der Waals surface area contributed by atoms with Crippen molar-refractivity contribution in [3.8, 4) is 17.1 Å². The van der Waals surface area contributed by atoms with Crippen molar-refractivity contribution in [1.82, 2.24) is 20.2 Å². The molecular weight excluding hydrogens is 313 g/mol. The van der Waals surface area contributed by atoms with E-state index in [-0.39, 0.29) is 12.3 Å². The maximum absolute atomic E-state index is 12.9. The predicted octanol–water partition coefficient (Wildman–Crippen LogP) is 2.33. The van der Waals surface area contributed by atoms with Crippen molar-refractivity contribution >= 4 is 22.8 Å². The van der Waals surface area contributed by atoms with Crippen LogP contribution in [0.3, 0.4) is 0 Å². The Hall–Kier alpha value is -3.03. The minimum Gasteiger partial charge on any atom is -0.481 e. The summed E-state index contributed by atoms with van der Waals surface area (Å²) in [5.41, 5.74) is 1.94.